The monoisotopic (exact) mass is 493 g/mol. The molecule has 172 valence electrons. The van der Waals surface area contributed by atoms with Crippen molar-refractivity contribution in [1.29, 1.82) is 0 Å². The minimum Gasteiger partial charge on any atom is -0.496 e. The Balaban J connectivity index is 1.58. The van der Waals surface area contributed by atoms with Crippen LogP contribution in [0.3, 0.4) is 0 Å². The number of ether oxygens (including phenoxy) is 1. The number of rotatable bonds is 6. The second-order valence-corrected chi connectivity index (χ2v) is 9.64. The molecule has 3 aromatic carbocycles. The van der Waals surface area contributed by atoms with E-state index in [1.165, 1.54) is 12.1 Å². The van der Waals surface area contributed by atoms with E-state index in [9.17, 15) is 8.42 Å². The minimum absolute atomic E-state index is 0.0444. The van der Waals surface area contributed by atoms with Gasteiger partial charge in [-0.05, 0) is 42.0 Å². The van der Waals surface area contributed by atoms with Crippen LogP contribution in [0.1, 0.15) is 17.2 Å². The lowest BCUT2D eigenvalue weighted by atomic mass is 10.0. The highest BCUT2D eigenvalue weighted by molar-refractivity contribution is 7.92. The van der Waals surface area contributed by atoms with Gasteiger partial charge < -0.3 is 10.1 Å². The van der Waals surface area contributed by atoms with Crippen LogP contribution in [-0.4, -0.2) is 30.3 Å². The molecule has 0 fully saturated rings. The van der Waals surface area contributed by atoms with Crippen LogP contribution >= 0.6 is 11.6 Å². The molecule has 0 amide bonds. The largest absolute Gasteiger partial charge is 0.496 e. The molecule has 10 heteroatoms. The van der Waals surface area contributed by atoms with Gasteiger partial charge >= 0.3 is 0 Å². The van der Waals surface area contributed by atoms with Gasteiger partial charge in [-0.3, -0.25) is 0 Å². The number of halogens is 1. The van der Waals surface area contributed by atoms with Gasteiger partial charge in [0.25, 0.3) is 16.0 Å². The van der Waals surface area contributed by atoms with Gasteiger partial charge in [0.2, 0.25) is 5.95 Å². The molecule has 2 N–H and O–H groups in total. The topological polar surface area (TPSA) is 98.1 Å². The molecule has 8 nitrogen and oxygen atoms in total. The molecule has 4 aromatic rings. The second kappa shape index (κ2) is 8.85. The summed E-state index contributed by atoms with van der Waals surface area (Å²) in [6.07, 6.45) is 1.98. The summed E-state index contributed by atoms with van der Waals surface area (Å²) in [4.78, 5) is 4.55. The van der Waals surface area contributed by atoms with E-state index in [1.807, 2.05) is 42.5 Å². The Morgan fingerprint density at radius 3 is 2.44 bits per heavy atom. The third kappa shape index (κ3) is 4.23. The zero-order valence-electron chi connectivity index (χ0n) is 18.0. The van der Waals surface area contributed by atoms with Gasteiger partial charge in [-0.1, -0.05) is 60.1 Å². The highest BCUT2D eigenvalue weighted by Crippen LogP contribution is 2.37. The fourth-order valence-electron chi connectivity index (χ4n) is 3.75. The number of methoxy groups -OCH3 is 1. The first-order valence-corrected chi connectivity index (χ1v) is 12.2. The molecule has 0 unspecified atom stereocenters. The lowest BCUT2D eigenvalue weighted by Gasteiger charge is -2.25. The van der Waals surface area contributed by atoms with Crippen LogP contribution in [0.5, 0.6) is 5.75 Å². The Hall–Kier alpha value is -3.82. The maximum atomic E-state index is 12.8. The molecular formula is C24H20ClN5O3S. The summed E-state index contributed by atoms with van der Waals surface area (Å²) in [6, 6.07) is 22.7. The summed E-state index contributed by atoms with van der Waals surface area (Å²) in [6.45, 7) is 0. The SMILES string of the molecule is COc1ccccc1[C@@H]1C=C(c2ccc(Cl)cc2)Nc2nc(NS(=O)(=O)c3ccccc3)nn21. The van der Waals surface area contributed by atoms with Crippen molar-refractivity contribution >= 4 is 39.2 Å². The average Bonchev–Trinajstić information content (AvgIpc) is 3.26. The smallest absolute Gasteiger partial charge is 0.264 e. The molecule has 0 bridgehead atoms. The molecular weight excluding hydrogens is 474 g/mol. The lowest BCUT2D eigenvalue weighted by Crippen LogP contribution is -2.20. The molecule has 0 spiro atoms. The van der Waals surface area contributed by atoms with Crippen molar-refractivity contribution in [3.05, 3.63) is 101 Å². The van der Waals surface area contributed by atoms with Gasteiger partial charge in [-0.25, -0.2) is 17.8 Å². The number of aromatic nitrogens is 3. The van der Waals surface area contributed by atoms with Crippen molar-refractivity contribution in [1.82, 2.24) is 14.8 Å². The van der Waals surface area contributed by atoms with Crippen molar-refractivity contribution < 1.29 is 13.2 Å². The summed E-state index contributed by atoms with van der Waals surface area (Å²) in [5.74, 6) is 1.01. The maximum Gasteiger partial charge on any atom is 0.264 e. The second-order valence-electron chi connectivity index (χ2n) is 7.52. The summed E-state index contributed by atoms with van der Waals surface area (Å²) >= 11 is 6.06. The molecule has 1 aliphatic heterocycles. The number of nitrogens with zero attached hydrogens (tertiary/aromatic N) is 3. The van der Waals surface area contributed by atoms with Crippen molar-refractivity contribution in [3.8, 4) is 5.75 Å². The third-order valence-electron chi connectivity index (χ3n) is 5.36. The number of hydrogen-bond donors (Lipinski definition) is 2. The van der Waals surface area contributed by atoms with Gasteiger partial charge in [0.05, 0.1) is 12.0 Å². The lowest BCUT2D eigenvalue weighted by molar-refractivity contribution is 0.404. The van der Waals surface area contributed by atoms with Crippen molar-refractivity contribution in [2.45, 2.75) is 10.9 Å². The molecule has 0 radical (unpaired) electrons. The van der Waals surface area contributed by atoms with Gasteiger partial charge in [-0.2, -0.15) is 4.98 Å². The Kier molecular flexibility index (Phi) is 5.72. The van der Waals surface area contributed by atoms with Gasteiger partial charge in [0.1, 0.15) is 11.8 Å². The Morgan fingerprint density at radius 2 is 1.71 bits per heavy atom. The van der Waals surface area contributed by atoms with Gasteiger partial charge in [0.15, 0.2) is 0 Å². The van der Waals surface area contributed by atoms with Crippen LogP contribution in [-0.2, 0) is 10.0 Å². The summed E-state index contributed by atoms with van der Waals surface area (Å²) in [5.41, 5.74) is 2.52. The molecule has 0 aliphatic carbocycles. The van der Waals surface area contributed by atoms with Crippen LogP contribution in [0.4, 0.5) is 11.9 Å². The highest BCUT2D eigenvalue weighted by atomic mass is 35.5. The first-order valence-electron chi connectivity index (χ1n) is 10.4. The third-order valence-corrected chi connectivity index (χ3v) is 6.95. The Morgan fingerprint density at radius 1 is 1.00 bits per heavy atom. The fourth-order valence-corrected chi connectivity index (χ4v) is 4.83. The predicted molar refractivity (Wildman–Crippen MR) is 131 cm³/mol. The fraction of sp³-hybridized carbons (Fsp3) is 0.0833. The van der Waals surface area contributed by atoms with Crippen LogP contribution in [0.2, 0.25) is 5.02 Å². The van der Waals surface area contributed by atoms with E-state index in [0.29, 0.717) is 16.7 Å². The number of hydrogen-bond acceptors (Lipinski definition) is 6. The number of benzene rings is 3. The molecule has 5 rings (SSSR count). The van der Waals surface area contributed by atoms with E-state index in [-0.39, 0.29) is 10.8 Å². The predicted octanol–water partition coefficient (Wildman–Crippen LogP) is 4.80. The zero-order valence-corrected chi connectivity index (χ0v) is 19.6. The van der Waals surface area contributed by atoms with E-state index in [4.69, 9.17) is 16.3 Å². The number of nitrogens with one attached hydrogen (secondary N) is 2. The van der Waals surface area contributed by atoms with Crippen LogP contribution in [0.25, 0.3) is 5.70 Å². The number of allylic oxidation sites excluding steroid dienone is 1. The summed E-state index contributed by atoms with van der Waals surface area (Å²) < 4.78 is 35.3. The molecule has 0 saturated heterocycles. The molecule has 0 saturated carbocycles. The normalized spacial score (nSPS) is 15.1. The number of anilines is 2. The zero-order chi connectivity index (χ0) is 23.7. The minimum atomic E-state index is -3.85. The van der Waals surface area contributed by atoms with Gasteiger partial charge in [-0.15, -0.1) is 5.10 Å². The van der Waals surface area contributed by atoms with Crippen LogP contribution in [0.15, 0.2) is 89.8 Å². The molecule has 34 heavy (non-hydrogen) atoms. The van der Waals surface area contributed by atoms with Crippen LogP contribution in [0, 0.1) is 0 Å². The number of fused-ring (bicyclic) bond motifs is 1. The summed E-state index contributed by atoms with van der Waals surface area (Å²) in [5, 5.41) is 8.34. The number of para-hydroxylation sites is 1. The van der Waals surface area contributed by atoms with Crippen molar-refractivity contribution in [3.63, 3.8) is 0 Å². The first kappa shape index (κ1) is 22.0. The maximum absolute atomic E-state index is 12.8. The van der Waals surface area contributed by atoms with Gasteiger partial charge in [0, 0.05) is 16.3 Å². The van der Waals surface area contributed by atoms with E-state index >= 15 is 0 Å². The van der Waals surface area contributed by atoms with Crippen molar-refractivity contribution in [2.24, 2.45) is 0 Å². The first-order chi connectivity index (χ1) is 16.4. The summed E-state index contributed by atoms with van der Waals surface area (Å²) in [7, 11) is -2.25. The molecule has 1 aromatic heterocycles. The molecule has 1 aliphatic rings. The number of sulfonamides is 1. The molecule has 1 atom stereocenters. The highest BCUT2D eigenvalue weighted by Gasteiger charge is 2.28. The van der Waals surface area contributed by atoms with Crippen molar-refractivity contribution in [2.75, 3.05) is 17.1 Å². The van der Waals surface area contributed by atoms with E-state index in [2.05, 4.69) is 20.1 Å². The van der Waals surface area contributed by atoms with E-state index in [0.717, 1.165) is 16.8 Å². The molecule has 2 heterocycles. The Labute approximate surface area is 201 Å². The van der Waals surface area contributed by atoms with E-state index in [1.54, 1.807) is 42.1 Å². The van der Waals surface area contributed by atoms with Crippen LogP contribution < -0.4 is 14.8 Å². The average molecular weight is 494 g/mol. The van der Waals surface area contributed by atoms with E-state index < -0.39 is 16.1 Å². The Bertz CT molecular complexity index is 1470. The quantitative estimate of drug-likeness (QED) is 0.400. The standard InChI is InChI=1S/C24H20ClN5O3S/c1-33-22-10-6-5-9-19(22)21-15-20(16-11-13-17(25)14-12-16)26-24-27-23(28-30(21)24)29-34(31,32)18-7-3-2-4-8-18/h2-15,21H,1H3,(H2,26,27,28,29)/t21-/m0/s1.